The summed E-state index contributed by atoms with van der Waals surface area (Å²) in [5, 5.41) is 8.97. The molecule has 0 aliphatic carbocycles. The molecule has 5 rings (SSSR count). The lowest BCUT2D eigenvalue weighted by Crippen LogP contribution is -2.49. The van der Waals surface area contributed by atoms with Crippen LogP contribution in [0.15, 0.2) is 55.5 Å². The minimum absolute atomic E-state index is 0.0570. The molecule has 10 nitrogen and oxygen atoms in total. The van der Waals surface area contributed by atoms with Crippen LogP contribution >= 0.6 is 0 Å². The van der Waals surface area contributed by atoms with Gasteiger partial charge in [-0.25, -0.2) is 14.5 Å². The number of nitrogens with zero attached hydrogens (tertiary/aromatic N) is 6. The molecule has 0 aromatic carbocycles. The van der Waals surface area contributed by atoms with Gasteiger partial charge in [-0.3, -0.25) is 9.97 Å². The number of alkyl carbamates (subject to hydrolysis) is 1. The van der Waals surface area contributed by atoms with E-state index in [4.69, 9.17) is 24.5 Å². The number of fused-ring (bicyclic) bond motifs is 1. The normalized spacial score (nSPS) is 15.5. The molecule has 232 valence electrons. The van der Waals surface area contributed by atoms with Crippen LogP contribution in [-0.4, -0.2) is 80.4 Å². The van der Waals surface area contributed by atoms with Gasteiger partial charge in [-0.1, -0.05) is 12.7 Å². The molecular weight excluding hydrogens is 574 g/mol. The molecule has 11 heteroatoms. The van der Waals surface area contributed by atoms with Crippen LogP contribution in [0.2, 0.25) is 0 Å². The van der Waals surface area contributed by atoms with E-state index in [-0.39, 0.29) is 6.04 Å². The third-order valence-corrected chi connectivity index (χ3v) is 8.24. The second kappa shape index (κ2) is 13.8. The zero-order valence-electron chi connectivity index (χ0n) is 26.2. The van der Waals surface area contributed by atoms with Crippen molar-refractivity contribution in [2.24, 2.45) is 0 Å². The van der Waals surface area contributed by atoms with E-state index in [1.54, 1.807) is 12.4 Å². The highest BCUT2D eigenvalue weighted by Crippen LogP contribution is 2.33. The van der Waals surface area contributed by atoms with E-state index in [2.05, 4.69) is 34.3 Å². The Morgan fingerprint density at radius 1 is 1.20 bits per heavy atom. The molecule has 44 heavy (non-hydrogen) atoms. The first-order chi connectivity index (χ1) is 21.1. The molecular formula is C33H42N7O3S+. The third-order valence-electron chi connectivity index (χ3n) is 7.25. The number of carbonyl (C=O) groups is 1. The van der Waals surface area contributed by atoms with Gasteiger partial charge in [0.25, 0.3) is 0 Å². The van der Waals surface area contributed by atoms with Gasteiger partial charge < -0.3 is 19.7 Å². The summed E-state index contributed by atoms with van der Waals surface area (Å²) in [6.07, 6.45) is 13.0. The molecule has 4 aromatic heterocycles. The molecule has 0 saturated carbocycles. The van der Waals surface area contributed by atoms with Gasteiger partial charge in [-0.05, 0) is 74.8 Å². The highest BCUT2D eigenvalue weighted by molar-refractivity contribution is 7.95. The maximum atomic E-state index is 12.5. The van der Waals surface area contributed by atoms with Crippen LogP contribution in [0, 0.1) is 0 Å². The smallest absolute Gasteiger partial charge is 0.407 e. The Hall–Kier alpha value is -3.96. The molecule has 0 spiro atoms. The van der Waals surface area contributed by atoms with E-state index in [9.17, 15) is 4.79 Å². The van der Waals surface area contributed by atoms with E-state index in [1.165, 1.54) is 0 Å². The van der Waals surface area contributed by atoms with Crippen LogP contribution in [-0.2, 0) is 27.1 Å². The first-order valence-electron chi connectivity index (χ1n) is 14.9. The fourth-order valence-electron chi connectivity index (χ4n) is 5.17. The number of aromatic nitrogens is 5. The van der Waals surface area contributed by atoms with Gasteiger partial charge in [0.2, 0.25) is 0 Å². The molecule has 1 atom stereocenters. The highest BCUT2D eigenvalue weighted by Gasteiger charge is 2.27. The predicted octanol–water partition coefficient (Wildman–Crippen LogP) is 5.54. The summed E-state index contributed by atoms with van der Waals surface area (Å²) in [5.74, 6) is 1.81. The number of ether oxygens (including phenoxy) is 2. The van der Waals surface area contributed by atoms with Crippen molar-refractivity contribution >= 4 is 39.8 Å². The summed E-state index contributed by atoms with van der Waals surface area (Å²) in [6, 6.07) is 9.90. The molecule has 1 aliphatic heterocycles. The summed E-state index contributed by atoms with van der Waals surface area (Å²) in [4.78, 5) is 28.9. The summed E-state index contributed by atoms with van der Waals surface area (Å²) >= 11 is 0. The summed E-state index contributed by atoms with van der Waals surface area (Å²) in [5.41, 5.74) is 4.46. The number of pyridine rings is 3. The van der Waals surface area contributed by atoms with Gasteiger partial charge in [0.05, 0.1) is 42.2 Å². The Kier molecular flexibility index (Phi) is 9.85. The predicted molar refractivity (Wildman–Crippen MR) is 179 cm³/mol. The van der Waals surface area contributed by atoms with E-state index >= 15 is 0 Å². The lowest BCUT2D eigenvalue weighted by Gasteiger charge is -2.35. The fraction of sp³-hybridized carbons (Fsp3) is 0.424. The number of carbonyl (C=O) groups excluding carboxylic acids is 1. The number of anilines is 1. The van der Waals surface area contributed by atoms with Gasteiger partial charge in [0.1, 0.15) is 29.6 Å². The number of amides is 1. The Balaban J connectivity index is 1.49. The standard InChI is InChI=1S/C33H41N7O3S/c1-7-23-12-13-27(37-31(23)39-15-9-11-25(21-39)36-32(41)43-33(2,3)4)30-26-18-28(24-10-8-14-34-19-24)35-20-29(26)40(38-30)22-42-16-17-44(5)6/h7-8,10,12-14,18-20,25H,1,9,11,15-17,21-22H2,2-6H3/p+1/t25-/m1/s1. The largest absolute Gasteiger partial charge is 0.444 e. The maximum absolute atomic E-state index is 12.5. The van der Waals surface area contributed by atoms with E-state index < -0.39 is 11.7 Å². The monoisotopic (exact) mass is 616 g/mol. The van der Waals surface area contributed by atoms with Crippen LogP contribution in [0.5, 0.6) is 0 Å². The van der Waals surface area contributed by atoms with Crippen molar-refractivity contribution in [2.45, 2.75) is 52.0 Å². The second-order valence-corrected chi connectivity index (χ2v) is 14.5. The van der Waals surface area contributed by atoms with Crippen molar-refractivity contribution in [1.82, 2.24) is 30.0 Å². The molecule has 1 N–H and O–H groups in total. The zero-order chi connectivity index (χ0) is 31.3. The Morgan fingerprint density at radius 3 is 2.77 bits per heavy atom. The fourth-order valence-corrected chi connectivity index (χ4v) is 5.62. The Morgan fingerprint density at radius 2 is 2.05 bits per heavy atom. The quantitative estimate of drug-likeness (QED) is 0.183. The molecule has 1 aliphatic rings. The lowest BCUT2D eigenvalue weighted by atomic mass is 10.0. The SMILES string of the molecule is C=Cc1ccc(-c2nn(COCC[S+](C)C)c3cnc(-c4cccnc4)cc23)nc1N1CCC[C@@H](NC(=O)OC(C)(C)C)C1. The summed E-state index contributed by atoms with van der Waals surface area (Å²) < 4.78 is 13.4. The third kappa shape index (κ3) is 7.75. The maximum Gasteiger partial charge on any atom is 0.407 e. The average molecular weight is 617 g/mol. The minimum atomic E-state index is -0.553. The molecule has 0 radical (unpaired) electrons. The van der Waals surface area contributed by atoms with Gasteiger partial charge in [-0.2, -0.15) is 5.10 Å². The minimum Gasteiger partial charge on any atom is -0.444 e. The topological polar surface area (TPSA) is 107 Å². The highest BCUT2D eigenvalue weighted by atomic mass is 32.2. The van der Waals surface area contributed by atoms with Crippen molar-refractivity contribution in [3.63, 3.8) is 0 Å². The van der Waals surface area contributed by atoms with Crippen molar-refractivity contribution < 1.29 is 14.3 Å². The van der Waals surface area contributed by atoms with Crippen LogP contribution in [0.3, 0.4) is 0 Å². The van der Waals surface area contributed by atoms with Crippen LogP contribution < -0.4 is 10.2 Å². The Bertz CT molecular complexity index is 1600. The van der Waals surface area contributed by atoms with Crippen molar-refractivity contribution in [2.75, 3.05) is 42.9 Å². The first kappa shape index (κ1) is 31.5. The molecule has 0 bridgehead atoms. The number of hydrogen-bond donors (Lipinski definition) is 1. The van der Waals surface area contributed by atoms with Gasteiger partial charge >= 0.3 is 6.09 Å². The summed E-state index contributed by atoms with van der Waals surface area (Å²) in [7, 11) is 0.305. The molecule has 1 amide bonds. The van der Waals surface area contributed by atoms with Crippen LogP contribution in [0.25, 0.3) is 39.6 Å². The van der Waals surface area contributed by atoms with E-state index in [0.29, 0.717) is 30.8 Å². The molecule has 1 saturated heterocycles. The van der Waals surface area contributed by atoms with Crippen molar-refractivity contribution in [3.8, 4) is 22.6 Å². The summed E-state index contributed by atoms with van der Waals surface area (Å²) in [6.45, 7) is 12.1. The van der Waals surface area contributed by atoms with Crippen molar-refractivity contribution in [1.29, 1.82) is 0 Å². The van der Waals surface area contributed by atoms with Gasteiger partial charge in [0.15, 0.2) is 0 Å². The van der Waals surface area contributed by atoms with E-state index in [1.807, 2.05) is 68.1 Å². The van der Waals surface area contributed by atoms with Crippen LogP contribution in [0.4, 0.5) is 10.6 Å². The average Bonchev–Trinajstić information content (AvgIpc) is 3.36. The molecule has 5 heterocycles. The van der Waals surface area contributed by atoms with Crippen LogP contribution in [0.1, 0.15) is 39.2 Å². The lowest BCUT2D eigenvalue weighted by molar-refractivity contribution is 0.0500. The molecule has 1 fully saturated rings. The first-order valence-corrected chi connectivity index (χ1v) is 17.1. The van der Waals surface area contributed by atoms with E-state index in [0.717, 1.165) is 70.1 Å². The molecule has 0 unspecified atom stereocenters. The number of hydrogen-bond acceptors (Lipinski definition) is 8. The number of rotatable bonds is 10. The number of piperidine rings is 1. The number of nitrogens with one attached hydrogen (secondary N) is 1. The second-order valence-electron chi connectivity index (χ2n) is 12.1. The van der Waals surface area contributed by atoms with Gasteiger partial charge in [-0.15, -0.1) is 0 Å². The zero-order valence-corrected chi connectivity index (χ0v) is 27.1. The molecule has 4 aromatic rings. The van der Waals surface area contributed by atoms with Crippen molar-refractivity contribution in [3.05, 3.63) is 61.1 Å². The van der Waals surface area contributed by atoms with Gasteiger partial charge in [0, 0.05) is 48.0 Å². The Labute approximate surface area is 262 Å².